The van der Waals surface area contributed by atoms with Crippen molar-refractivity contribution in [3.05, 3.63) is 39.8 Å². The van der Waals surface area contributed by atoms with Crippen LogP contribution >= 0.6 is 0 Å². The van der Waals surface area contributed by atoms with E-state index in [4.69, 9.17) is 9.63 Å². The molecule has 2 rings (SSSR count). The summed E-state index contributed by atoms with van der Waals surface area (Å²) < 4.78 is 32.4. The van der Waals surface area contributed by atoms with Gasteiger partial charge in [0, 0.05) is 12.5 Å². The topological polar surface area (TPSA) is 102 Å². The summed E-state index contributed by atoms with van der Waals surface area (Å²) in [5, 5.41) is 23.2. The van der Waals surface area contributed by atoms with Crippen LogP contribution in [0, 0.1) is 21.7 Å². The fraction of sp³-hybridized carbons (Fsp3) is 0.333. The zero-order valence-electron chi connectivity index (χ0n) is 10.9. The van der Waals surface area contributed by atoms with Crippen LogP contribution in [-0.2, 0) is 6.42 Å². The number of nitrogens with zero attached hydrogens (tertiary/aromatic N) is 3. The predicted molar refractivity (Wildman–Crippen MR) is 66.3 cm³/mol. The van der Waals surface area contributed by atoms with Gasteiger partial charge in [-0.2, -0.15) is 9.37 Å². The SMILES string of the molecule is CC(O)CCc1nc(-c2c(F)ccc([N+](=O)[O-])c2F)no1. The zero-order valence-corrected chi connectivity index (χ0v) is 10.9. The molecule has 7 nitrogen and oxygen atoms in total. The Hall–Kier alpha value is -2.42. The lowest BCUT2D eigenvalue weighted by Crippen LogP contribution is -2.01. The van der Waals surface area contributed by atoms with Crippen LogP contribution in [-0.4, -0.2) is 26.3 Å². The number of rotatable bonds is 5. The number of nitro groups is 1. The highest BCUT2D eigenvalue weighted by Gasteiger charge is 2.25. The molecule has 0 fully saturated rings. The average Bonchev–Trinajstić information content (AvgIpc) is 2.84. The molecular weight excluding hydrogens is 288 g/mol. The Morgan fingerprint density at radius 3 is 2.81 bits per heavy atom. The molecule has 0 aliphatic carbocycles. The molecule has 1 unspecified atom stereocenters. The molecule has 2 aromatic rings. The van der Waals surface area contributed by atoms with E-state index in [9.17, 15) is 18.9 Å². The molecule has 1 atom stereocenters. The van der Waals surface area contributed by atoms with Crippen LogP contribution in [0.3, 0.4) is 0 Å². The first-order valence-electron chi connectivity index (χ1n) is 6.03. The van der Waals surface area contributed by atoms with Gasteiger partial charge in [0.15, 0.2) is 0 Å². The second-order valence-corrected chi connectivity index (χ2v) is 4.41. The first-order valence-corrected chi connectivity index (χ1v) is 6.03. The van der Waals surface area contributed by atoms with E-state index in [1.54, 1.807) is 6.92 Å². The van der Waals surface area contributed by atoms with Gasteiger partial charge in [-0.25, -0.2) is 4.39 Å². The summed E-state index contributed by atoms with van der Waals surface area (Å²) >= 11 is 0. The molecule has 1 aromatic heterocycles. The first-order chi connectivity index (χ1) is 9.90. The summed E-state index contributed by atoms with van der Waals surface area (Å²) in [7, 11) is 0. The third-order valence-electron chi connectivity index (χ3n) is 2.74. The lowest BCUT2D eigenvalue weighted by Gasteiger charge is -2.00. The van der Waals surface area contributed by atoms with E-state index >= 15 is 0 Å². The number of hydrogen-bond donors (Lipinski definition) is 1. The largest absolute Gasteiger partial charge is 0.393 e. The summed E-state index contributed by atoms with van der Waals surface area (Å²) in [6.45, 7) is 1.57. The minimum Gasteiger partial charge on any atom is -0.393 e. The summed E-state index contributed by atoms with van der Waals surface area (Å²) in [5.41, 5.74) is -1.59. The molecule has 112 valence electrons. The molecule has 1 aromatic carbocycles. The normalized spacial score (nSPS) is 12.4. The Balaban J connectivity index is 2.38. The van der Waals surface area contributed by atoms with Gasteiger partial charge in [0.05, 0.1) is 11.0 Å². The predicted octanol–water partition coefficient (Wildman–Crippen LogP) is 2.24. The number of benzene rings is 1. The maximum absolute atomic E-state index is 13.9. The summed E-state index contributed by atoms with van der Waals surface area (Å²) in [5.74, 6) is -2.71. The molecular formula is C12H11F2N3O4. The minimum absolute atomic E-state index is 0.0798. The van der Waals surface area contributed by atoms with E-state index in [1.165, 1.54) is 0 Å². The minimum atomic E-state index is -1.36. The van der Waals surface area contributed by atoms with Crippen LogP contribution in [0.2, 0.25) is 0 Å². The van der Waals surface area contributed by atoms with Crippen molar-refractivity contribution in [1.29, 1.82) is 0 Å². The standard InChI is InChI=1S/C12H11F2N3O4/c1-6(18)2-5-9-15-12(16-21-9)10-7(13)3-4-8(11(10)14)17(19)20/h3-4,6,18H,2,5H2,1H3. The smallest absolute Gasteiger partial charge is 0.305 e. The number of aliphatic hydroxyl groups excluding tert-OH is 1. The molecule has 0 radical (unpaired) electrons. The Labute approximate surface area is 117 Å². The Kier molecular flexibility index (Phi) is 4.22. The van der Waals surface area contributed by atoms with Crippen molar-refractivity contribution in [2.75, 3.05) is 0 Å². The van der Waals surface area contributed by atoms with Crippen molar-refractivity contribution < 1.29 is 23.3 Å². The van der Waals surface area contributed by atoms with E-state index in [0.717, 1.165) is 12.1 Å². The van der Waals surface area contributed by atoms with Crippen LogP contribution in [0.15, 0.2) is 16.7 Å². The van der Waals surface area contributed by atoms with Crippen molar-refractivity contribution in [2.24, 2.45) is 0 Å². The van der Waals surface area contributed by atoms with E-state index in [0.29, 0.717) is 6.42 Å². The molecule has 0 spiro atoms. The molecule has 0 aliphatic rings. The maximum Gasteiger partial charge on any atom is 0.305 e. The van der Waals surface area contributed by atoms with E-state index < -0.39 is 39.7 Å². The highest BCUT2D eigenvalue weighted by Crippen LogP contribution is 2.30. The molecule has 0 bridgehead atoms. The molecule has 0 amide bonds. The van der Waals surface area contributed by atoms with Crippen molar-refractivity contribution in [3.63, 3.8) is 0 Å². The van der Waals surface area contributed by atoms with Gasteiger partial charge in [0.25, 0.3) is 0 Å². The molecule has 21 heavy (non-hydrogen) atoms. The van der Waals surface area contributed by atoms with Gasteiger partial charge < -0.3 is 9.63 Å². The van der Waals surface area contributed by atoms with Crippen LogP contribution in [0.1, 0.15) is 19.2 Å². The highest BCUT2D eigenvalue weighted by molar-refractivity contribution is 5.61. The van der Waals surface area contributed by atoms with Gasteiger partial charge in [-0.15, -0.1) is 0 Å². The van der Waals surface area contributed by atoms with Gasteiger partial charge in [0.2, 0.25) is 17.5 Å². The van der Waals surface area contributed by atoms with E-state index in [2.05, 4.69) is 10.1 Å². The van der Waals surface area contributed by atoms with Gasteiger partial charge in [-0.3, -0.25) is 10.1 Å². The monoisotopic (exact) mass is 299 g/mol. The fourth-order valence-electron chi connectivity index (χ4n) is 1.68. The Bertz CT molecular complexity index is 673. The van der Waals surface area contributed by atoms with Crippen LogP contribution in [0.5, 0.6) is 0 Å². The second-order valence-electron chi connectivity index (χ2n) is 4.41. The second kappa shape index (κ2) is 5.92. The van der Waals surface area contributed by atoms with E-state index in [-0.39, 0.29) is 12.3 Å². The lowest BCUT2D eigenvalue weighted by atomic mass is 10.1. The first kappa shape index (κ1) is 15.0. The number of aromatic nitrogens is 2. The number of nitro benzene ring substituents is 1. The molecule has 1 heterocycles. The quantitative estimate of drug-likeness (QED) is 0.671. The third kappa shape index (κ3) is 3.19. The van der Waals surface area contributed by atoms with Gasteiger partial charge >= 0.3 is 5.69 Å². The van der Waals surface area contributed by atoms with Gasteiger partial charge in [-0.1, -0.05) is 5.16 Å². The number of halogens is 2. The molecule has 9 heteroatoms. The van der Waals surface area contributed by atoms with Crippen LogP contribution in [0.4, 0.5) is 14.5 Å². The number of aryl methyl sites for hydroxylation is 1. The molecule has 1 N–H and O–H groups in total. The summed E-state index contributed by atoms with van der Waals surface area (Å²) in [6, 6.07) is 1.49. The van der Waals surface area contributed by atoms with Crippen molar-refractivity contribution in [2.45, 2.75) is 25.9 Å². The number of aliphatic hydroxyl groups is 1. The van der Waals surface area contributed by atoms with E-state index in [1.807, 2.05) is 0 Å². The van der Waals surface area contributed by atoms with Gasteiger partial charge in [-0.05, 0) is 19.4 Å². The fourth-order valence-corrected chi connectivity index (χ4v) is 1.68. The Morgan fingerprint density at radius 2 is 2.19 bits per heavy atom. The third-order valence-corrected chi connectivity index (χ3v) is 2.74. The maximum atomic E-state index is 13.9. The van der Waals surface area contributed by atoms with Crippen LogP contribution in [0.25, 0.3) is 11.4 Å². The van der Waals surface area contributed by atoms with Crippen LogP contribution < -0.4 is 0 Å². The highest BCUT2D eigenvalue weighted by atomic mass is 19.1. The molecule has 0 aliphatic heterocycles. The average molecular weight is 299 g/mol. The van der Waals surface area contributed by atoms with Crippen molar-refractivity contribution in [1.82, 2.24) is 10.1 Å². The van der Waals surface area contributed by atoms with Crippen molar-refractivity contribution >= 4 is 5.69 Å². The summed E-state index contributed by atoms with van der Waals surface area (Å²) in [6.07, 6.45) is -0.0312. The molecule has 0 saturated heterocycles. The lowest BCUT2D eigenvalue weighted by molar-refractivity contribution is -0.387. The zero-order chi connectivity index (χ0) is 15.6. The summed E-state index contributed by atoms with van der Waals surface area (Å²) in [4.78, 5) is 13.5. The van der Waals surface area contributed by atoms with Gasteiger partial charge in [0.1, 0.15) is 11.4 Å². The number of hydrogen-bond acceptors (Lipinski definition) is 6. The molecule has 0 saturated carbocycles. The van der Waals surface area contributed by atoms with Crippen molar-refractivity contribution in [3.8, 4) is 11.4 Å². The Morgan fingerprint density at radius 1 is 1.48 bits per heavy atom.